The van der Waals surface area contributed by atoms with Crippen LogP contribution in [0.1, 0.15) is 31.7 Å². The Kier molecular flexibility index (Phi) is 7.28. The SMILES string of the molecule is CCN(CC(=O)NCc1ccc(S(=O)(=O)N2CCCCC2)cc1)c1ccccc1. The van der Waals surface area contributed by atoms with Crippen LogP contribution < -0.4 is 10.2 Å². The van der Waals surface area contributed by atoms with Gasteiger partial charge in [0, 0.05) is 31.9 Å². The zero-order valence-corrected chi connectivity index (χ0v) is 17.7. The maximum absolute atomic E-state index is 12.7. The largest absolute Gasteiger partial charge is 0.363 e. The molecule has 0 aliphatic carbocycles. The molecule has 7 heteroatoms. The van der Waals surface area contributed by atoms with Gasteiger partial charge in [-0.3, -0.25) is 4.79 Å². The van der Waals surface area contributed by atoms with Crippen molar-refractivity contribution < 1.29 is 13.2 Å². The number of carbonyl (C=O) groups excluding carboxylic acids is 1. The molecule has 0 spiro atoms. The van der Waals surface area contributed by atoms with Gasteiger partial charge in [0.05, 0.1) is 11.4 Å². The van der Waals surface area contributed by atoms with Crippen LogP contribution >= 0.6 is 0 Å². The number of rotatable bonds is 8. The number of nitrogens with one attached hydrogen (secondary N) is 1. The molecule has 0 atom stereocenters. The topological polar surface area (TPSA) is 69.7 Å². The highest BCUT2D eigenvalue weighted by Crippen LogP contribution is 2.21. The fourth-order valence-corrected chi connectivity index (χ4v) is 5.01. The van der Waals surface area contributed by atoms with Crippen molar-refractivity contribution in [1.82, 2.24) is 9.62 Å². The molecule has 1 aliphatic rings. The summed E-state index contributed by atoms with van der Waals surface area (Å²) in [5.74, 6) is -0.0688. The number of amides is 1. The van der Waals surface area contributed by atoms with E-state index in [4.69, 9.17) is 0 Å². The number of nitrogens with zero attached hydrogens (tertiary/aromatic N) is 2. The minimum absolute atomic E-state index is 0.0688. The molecule has 2 aromatic rings. The Labute approximate surface area is 173 Å². The van der Waals surface area contributed by atoms with E-state index >= 15 is 0 Å². The van der Waals surface area contributed by atoms with Crippen LogP contribution in [0.25, 0.3) is 0 Å². The number of likely N-dealkylation sites (N-methyl/N-ethyl adjacent to an activating group) is 1. The molecule has 0 saturated carbocycles. The van der Waals surface area contributed by atoms with E-state index < -0.39 is 10.0 Å². The molecular formula is C22H29N3O3S. The minimum Gasteiger partial charge on any atom is -0.363 e. The Morgan fingerprint density at radius 1 is 1.00 bits per heavy atom. The lowest BCUT2D eigenvalue weighted by atomic mass is 10.2. The van der Waals surface area contributed by atoms with Gasteiger partial charge in [-0.1, -0.05) is 36.8 Å². The zero-order chi connectivity index (χ0) is 20.7. The Bertz CT molecular complexity index is 893. The lowest BCUT2D eigenvalue weighted by Gasteiger charge is -2.25. The molecule has 1 aliphatic heterocycles. The number of hydrogen-bond donors (Lipinski definition) is 1. The van der Waals surface area contributed by atoms with Crippen LogP contribution in [0.2, 0.25) is 0 Å². The van der Waals surface area contributed by atoms with E-state index in [-0.39, 0.29) is 12.5 Å². The van der Waals surface area contributed by atoms with Crippen molar-refractivity contribution >= 4 is 21.6 Å². The third kappa shape index (κ3) is 5.58. The third-order valence-corrected chi connectivity index (χ3v) is 7.12. The molecule has 1 heterocycles. The molecule has 0 aromatic heterocycles. The van der Waals surface area contributed by atoms with Gasteiger partial charge in [-0.15, -0.1) is 0 Å². The van der Waals surface area contributed by atoms with Crippen LogP contribution in [0, 0.1) is 0 Å². The molecule has 1 amide bonds. The predicted molar refractivity (Wildman–Crippen MR) is 115 cm³/mol. The Balaban J connectivity index is 1.55. The van der Waals surface area contributed by atoms with Crippen molar-refractivity contribution in [2.24, 2.45) is 0 Å². The number of piperidine rings is 1. The van der Waals surface area contributed by atoms with Gasteiger partial charge in [-0.2, -0.15) is 4.31 Å². The first-order chi connectivity index (χ1) is 14.0. The normalized spacial score (nSPS) is 15.1. The molecule has 1 N–H and O–H groups in total. The quantitative estimate of drug-likeness (QED) is 0.720. The van der Waals surface area contributed by atoms with Crippen LogP contribution in [0.15, 0.2) is 59.5 Å². The summed E-state index contributed by atoms with van der Waals surface area (Å²) in [5.41, 5.74) is 1.89. The number of sulfonamides is 1. The van der Waals surface area contributed by atoms with E-state index in [0.29, 0.717) is 24.5 Å². The van der Waals surface area contributed by atoms with Crippen LogP contribution in [0.4, 0.5) is 5.69 Å². The zero-order valence-electron chi connectivity index (χ0n) is 16.9. The molecular weight excluding hydrogens is 386 g/mol. The Morgan fingerprint density at radius 2 is 1.66 bits per heavy atom. The van der Waals surface area contributed by atoms with Crippen LogP contribution in [-0.4, -0.2) is 44.8 Å². The molecule has 6 nitrogen and oxygen atoms in total. The maximum atomic E-state index is 12.7. The smallest absolute Gasteiger partial charge is 0.243 e. The van der Waals surface area contributed by atoms with Gasteiger partial charge < -0.3 is 10.2 Å². The van der Waals surface area contributed by atoms with Gasteiger partial charge in [-0.25, -0.2) is 8.42 Å². The van der Waals surface area contributed by atoms with Crippen molar-refractivity contribution in [3.05, 3.63) is 60.2 Å². The average Bonchev–Trinajstić information content (AvgIpc) is 2.77. The number of hydrogen-bond acceptors (Lipinski definition) is 4. The molecule has 1 saturated heterocycles. The first kappa shape index (κ1) is 21.3. The van der Waals surface area contributed by atoms with E-state index in [9.17, 15) is 13.2 Å². The molecule has 3 rings (SSSR count). The number of para-hydroxylation sites is 1. The van der Waals surface area contributed by atoms with Crippen LogP contribution in [-0.2, 0) is 21.4 Å². The van der Waals surface area contributed by atoms with Crippen molar-refractivity contribution in [1.29, 1.82) is 0 Å². The monoisotopic (exact) mass is 415 g/mol. The van der Waals surface area contributed by atoms with Crippen molar-refractivity contribution in [3.8, 4) is 0 Å². The first-order valence-electron chi connectivity index (χ1n) is 10.2. The van der Waals surface area contributed by atoms with Crippen LogP contribution in [0.3, 0.4) is 0 Å². The van der Waals surface area contributed by atoms with Gasteiger partial charge in [0.25, 0.3) is 0 Å². The molecule has 2 aromatic carbocycles. The van der Waals surface area contributed by atoms with E-state index in [1.54, 1.807) is 28.6 Å². The highest BCUT2D eigenvalue weighted by atomic mass is 32.2. The lowest BCUT2D eigenvalue weighted by molar-refractivity contribution is -0.119. The summed E-state index contributed by atoms with van der Waals surface area (Å²) in [6, 6.07) is 16.6. The highest BCUT2D eigenvalue weighted by molar-refractivity contribution is 7.89. The Hall–Kier alpha value is -2.38. The molecule has 0 unspecified atom stereocenters. The molecule has 0 bridgehead atoms. The molecule has 156 valence electrons. The summed E-state index contributed by atoms with van der Waals surface area (Å²) in [6.45, 7) is 4.59. The van der Waals surface area contributed by atoms with Crippen LogP contribution in [0.5, 0.6) is 0 Å². The predicted octanol–water partition coefficient (Wildman–Crippen LogP) is 3.00. The van der Waals surface area contributed by atoms with Gasteiger partial charge in [-0.05, 0) is 49.6 Å². The second-order valence-electron chi connectivity index (χ2n) is 7.24. The maximum Gasteiger partial charge on any atom is 0.243 e. The van der Waals surface area contributed by atoms with Crippen molar-refractivity contribution in [2.45, 2.75) is 37.6 Å². The van der Waals surface area contributed by atoms with Gasteiger partial charge in [0.1, 0.15) is 0 Å². The first-order valence-corrected chi connectivity index (χ1v) is 11.6. The second kappa shape index (κ2) is 9.89. The lowest BCUT2D eigenvalue weighted by Crippen LogP contribution is -2.37. The standard InChI is InChI=1S/C22H29N3O3S/c1-2-24(20-9-5-3-6-10-20)18-22(26)23-17-19-11-13-21(14-12-19)29(27,28)25-15-7-4-8-16-25/h3,5-6,9-14H,2,4,7-8,15-18H2,1H3,(H,23,26). The highest BCUT2D eigenvalue weighted by Gasteiger charge is 2.25. The number of benzene rings is 2. The van der Waals surface area contributed by atoms with E-state index in [2.05, 4.69) is 5.32 Å². The van der Waals surface area contributed by atoms with Gasteiger partial charge >= 0.3 is 0 Å². The summed E-state index contributed by atoms with van der Waals surface area (Å²) in [4.78, 5) is 14.7. The summed E-state index contributed by atoms with van der Waals surface area (Å²) in [7, 11) is -3.42. The van der Waals surface area contributed by atoms with Gasteiger partial charge in [0.15, 0.2) is 0 Å². The molecule has 0 radical (unpaired) electrons. The molecule has 1 fully saturated rings. The fraction of sp³-hybridized carbons (Fsp3) is 0.409. The summed E-state index contributed by atoms with van der Waals surface area (Å²) in [5, 5.41) is 2.91. The Morgan fingerprint density at radius 3 is 2.28 bits per heavy atom. The summed E-state index contributed by atoms with van der Waals surface area (Å²) in [6.07, 6.45) is 2.92. The van der Waals surface area contributed by atoms with Crippen molar-refractivity contribution in [2.75, 3.05) is 31.1 Å². The molecule has 29 heavy (non-hydrogen) atoms. The number of anilines is 1. The van der Waals surface area contributed by atoms with Gasteiger partial charge in [0.2, 0.25) is 15.9 Å². The van der Waals surface area contributed by atoms with E-state index in [1.165, 1.54) is 0 Å². The second-order valence-corrected chi connectivity index (χ2v) is 9.17. The third-order valence-electron chi connectivity index (χ3n) is 5.20. The fourth-order valence-electron chi connectivity index (χ4n) is 3.49. The van der Waals surface area contributed by atoms with E-state index in [1.807, 2.05) is 42.2 Å². The number of carbonyl (C=O) groups is 1. The summed E-state index contributed by atoms with van der Waals surface area (Å²) < 4.78 is 27.0. The van der Waals surface area contributed by atoms with E-state index in [0.717, 1.165) is 37.1 Å². The minimum atomic E-state index is -3.42. The van der Waals surface area contributed by atoms with Crippen molar-refractivity contribution in [3.63, 3.8) is 0 Å². The summed E-state index contributed by atoms with van der Waals surface area (Å²) >= 11 is 0. The average molecular weight is 416 g/mol.